The van der Waals surface area contributed by atoms with Gasteiger partial charge in [-0.25, -0.2) is 0 Å². The molecule has 32 heavy (non-hydrogen) atoms. The van der Waals surface area contributed by atoms with E-state index in [9.17, 15) is 9.59 Å². The van der Waals surface area contributed by atoms with E-state index < -0.39 is 6.04 Å². The number of amides is 2. The van der Waals surface area contributed by atoms with E-state index in [2.05, 4.69) is 55.6 Å². The molecule has 0 aliphatic heterocycles. The molecule has 1 aliphatic carbocycles. The number of nitrogens with one attached hydrogen (secondary N) is 1. The van der Waals surface area contributed by atoms with Crippen molar-refractivity contribution >= 4 is 23.6 Å². The molecule has 1 saturated carbocycles. The van der Waals surface area contributed by atoms with Crippen molar-refractivity contribution in [1.82, 2.24) is 10.2 Å². The highest BCUT2D eigenvalue weighted by atomic mass is 32.2. The van der Waals surface area contributed by atoms with Gasteiger partial charge in [-0.2, -0.15) is 0 Å². The Morgan fingerprint density at radius 2 is 1.56 bits per heavy atom. The topological polar surface area (TPSA) is 49.4 Å². The highest BCUT2D eigenvalue weighted by Crippen LogP contribution is 2.22. The van der Waals surface area contributed by atoms with Crippen molar-refractivity contribution in [3.63, 3.8) is 0 Å². The summed E-state index contributed by atoms with van der Waals surface area (Å²) in [4.78, 5) is 29.5. The van der Waals surface area contributed by atoms with Crippen LogP contribution in [-0.2, 0) is 16.1 Å². The minimum atomic E-state index is -0.454. The molecule has 0 spiro atoms. The molecule has 1 fully saturated rings. The largest absolute Gasteiger partial charge is 0.352 e. The molecule has 4 nitrogen and oxygen atoms in total. The van der Waals surface area contributed by atoms with E-state index in [1.165, 1.54) is 42.2 Å². The molecule has 0 radical (unpaired) electrons. The first kappa shape index (κ1) is 24.4. The molecular formula is C27H36N2O2S. The molecule has 3 rings (SSSR count). The van der Waals surface area contributed by atoms with Crippen LogP contribution in [0.25, 0.3) is 0 Å². The van der Waals surface area contributed by atoms with Crippen LogP contribution in [0.4, 0.5) is 0 Å². The zero-order chi connectivity index (χ0) is 22.9. The van der Waals surface area contributed by atoms with Crippen LogP contribution in [0.1, 0.15) is 62.1 Å². The normalized spacial score (nSPS) is 15.2. The number of nitrogens with zero attached hydrogens (tertiary/aromatic N) is 1. The van der Waals surface area contributed by atoms with Gasteiger partial charge >= 0.3 is 0 Å². The van der Waals surface area contributed by atoms with Crippen LogP contribution in [0.3, 0.4) is 0 Å². The van der Waals surface area contributed by atoms with E-state index in [1.807, 2.05) is 19.1 Å². The van der Waals surface area contributed by atoms with Crippen LogP contribution in [0.2, 0.25) is 0 Å². The van der Waals surface area contributed by atoms with Crippen molar-refractivity contribution < 1.29 is 9.59 Å². The Kier molecular flexibility index (Phi) is 9.22. The predicted molar refractivity (Wildman–Crippen MR) is 133 cm³/mol. The van der Waals surface area contributed by atoms with Gasteiger partial charge in [-0.1, -0.05) is 73.7 Å². The van der Waals surface area contributed by atoms with E-state index in [4.69, 9.17) is 0 Å². The minimum absolute atomic E-state index is 0.00166. The third-order valence-electron chi connectivity index (χ3n) is 6.19. The average Bonchev–Trinajstić information content (AvgIpc) is 2.80. The van der Waals surface area contributed by atoms with Crippen molar-refractivity contribution in [2.45, 2.75) is 82.8 Å². The fraction of sp³-hybridized carbons (Fsp3) is 0.481. The second kappa shape index (κ2) is 12.1. The van der Waals surface area contributed by atoms with Gasteiger partial charge in [0.25, 0.3) is 0 Å². The summed E-state index contributed by atoms with van der Waals surface area (Å²) in [6.07, 6.45) is 6.26. The summed E-state index contributed by atoms with van der Waals surface area (Å²) in [5.41, 5.74) is 3.43. The van der Waals surface area contributed by atoms with Crippen LogP contribution < -0.4 is 5.32 Å². The zero-order valence-corrected chi connectivity index (χ0v) is 20.4. The first-order valence-corrected chi connectivity index (χ1v) is 12.8. The molecule has 172 valence electrons. The van der Waals surface area contributed by atoms with Gasteiger partial charge in [0.15, 0.2) is 0 Å². The van der Waals surface area contributed by atoms with Crippen LogP contribution in [-0.4, -0.2) is 34.6 Å². The first-order chi connectivity index (χ1) is 15.5. The number of thioether (sulfide) groups is 1. The fourth-order valence-corrected chi connectivity index (χ4v) is 5.00. The summed E-state index contributed by atoms with van der Waals surface area (Å²) in [6.45, 7) is 6.55. The Labute approximate surface area is 197 Å². The summed E-state index contributed by atoms with van der Waals surface area (Å²) in [7, 11) is 0. The molecule has 1 aliphatic rings. The van der Waals surface area contributed by atoms with Crippen molar-refractivity contribution in [3.05, 3.63) is 65.2 Å². The van der Waals surface area contributed by atoms with Gasteiger partial charge in [0.1, 0.15) is 6.04 Å². The van der Waals surface area contributed by atoms with Gasteiger partial charge in [-0.05, 0) is 50.8 Å². The summed E-state index contributed by atoms with van der Waals surface area (Å²) in [5.74, 6) is 0.310. The van der Waals surface area contributed by atoms with Crippen molar-refractivity contribution in [3.8, 4) is 0 Å². The van der Waals surface area contributed by atoms with Gasteiger partial charge in [-0.3, -0.25) is 9.59 Å². The number of aryl methyl sites for hydroxylation is 2. The maximum Gasteiger partial charge on any atom is 0.243 e. The number of carbonyl (C=O) groups is 2. The molecule has 0 bridgehead atoms. The fourth-order valence-electron chi connectivity index (χ4n) is 4.22. The van der Waals surface area contributed by atoms with Gasteiger partial charge < -0.3 is 10.2 Å². The van der Waals surface area contributed by atoms with Gasteiger partial charge in [0.2, 0.25) is 11.8 Å². The van der Waals surface area contributed by atoms with Crippen molar-refractivity contribution in [2.24, 2.45) is 0 Å². The SMILES string of the molecule is CC[C@H](C(=O)NC1CCCCC1)N(Cc1ccc(C)cc1)C(=O)CSc1ccc(C)cc1. The molecule has 2 amide bonds. The maximum atomic E-state index is 13.4. The molecule has 1 atom stereocenters. The van der Waals surface area contributed by atoms with E-state index in [1.54, 1.807) is 4.90 Å². The molecule has 0 aromatic heterocycles. The van der Waals surface area contributed by atoms with Gasteiger partial charge in [0.05, 0.1) is 5.75 Å². The summed E-state index contributed by atoms with van der Waals surface area (Å²) in [6, 6.07) is 16.2. The first-order valence-electron chi connectivity index (χ1n) is 11.8. The Bertz CT molecular complexity index is 874. The van der Waals surface area contributed by atoms with E-state index >= 15 is 0 Å². The highest BCUT2D eigenvalue weighted by molar-refractivity contribution is 8.00. The van der Waals surface area contributed by atoms with Crippen molar-refractivity contribution in [2.75, 3.05) is 5.75 Å². The van der Waals surface area contributed by atoms with E-state index in [0.717, 1.165) is 23.3 Å². The molecule has 2 aromatic carbocycles. The summed E-state index contributed by atoms with van der Waals surface area (Å²) < 4.78 is 0. The summed E-state index contributed by atoms with van der Waals surface area (Å²) in [5, 5.41) is 3.24. The molecule has 0 heterocycles. The number of benzene rings is 2. The second-order valence-electron chi connectivity index (χ2n) is 8.88. The minimum Gasteiger partial charge on any atom is -0.352 e. The van der Waals surface area contributed by atoms with Crippen molar-refractivity contribution in [1.29, 1.82) is 0 Å². The smallest absolute Gasteiger partial charge is 0.243 e. The molecule has 1 N–H and O–H groups in total. The highest BCUT2D eigenvalue weighted by Gasteiger charge is 2.30. The number of hydrogen-bond donors (Lipinski definition) is 1. The lowest BCUT2D eigenvalue weighted by Crippen LogP contribution is -2.52. The van der Waals surface area contributed by atoms with Crippen LogP contribution >= 0.6 is 11.8 Å². The Hall–Kier alpha value is -2.27. The number of carbonyl (C=O) groups excluding carboxylic acids is 2. The van der Waals surface area contributed by atoms with Crippen LogP contribution in [0, 0.1) is 13.8 Å². The molecule has 5 heteroatoms. The lowest BCUT2D eigenvalue weighted by molar-refractivity contribution is -0.139. The van der Waals surface area contributed by atoms with Crippen LogP contribution in [0.5, 0.6) is 0 Å². The Balaban J connectivity index is 1.73. The lowest BCUT2D eigenvalue weighted by Gasteiger charge is -2.32. The number of hydrogen-bond acceptors (Lipinski definition) is 3. The molecule has 0 saturated heterocycles. The molecular weight excluding hydrogens is 416 g/mol. The third kappa shape index (κ3) is 7.13. The quantitative estimate of drug-likeness (QED) is 0.500. The standard InChI is InChI=1S/C27H36N2O2S/c1-4-25(27(31)28-23-8-6-5-7-9-23)29(18-22-14-10-20(2)11-15-22)26(30)19-32-24-16-12-21(3)13-17-24/h10-17,23,25H,4-9,18-19H2,1-3H3,(H,28,31)/t25-/m1/s1. The third-order valence-corrected chi connectivity index (χ3v) is 7.19. The van der Waals surface area contributed by atoms with E-state index in [0.29, 0.717) is 18.7 Å². The van der Waals surface area contributed by atoms with Gasteiger partial charge in [-0.15, -0.1) is 11.8 Å². The molecule has 0 unspecified atom stereocenters. The Morgan fingerprint density at radius 1 is 0.969 bits per heavy atom. The lowest BCUT2D eigenvalue weighted by atomic mass is 9.95. The average molecular weight is 453 g/mol. The second-order valence-corrected chi connectivity index (χ2v) is 9.93. The molecule has 2 aromatic rings. The van der Waals surface area contributed by atoms with Gasteiger partial charge in [0, 0.05) is 17.5 Å². The summed E-state index contributed by atoms with van der Waals surface area (Å²) >= 11 is 1.53. The number of rotatable bonds is 9. The van der Waals surface area contributed by atoms with E-state index in [-0.39, 0.29) is 17.9 Å². The Morgan fingerprint density at radius 3 is 2.16 bits per heavy atom. The maximum absolute atomic E-state index is 13.4. The predicted octanol–water partition coefficient (Wildman–Crippen LogP) is 5.65. The zero-order valence-electron chi connectivity index (χ0n) is 19.6. The van der Waals surface area contributed by atoms with Crippen LogP contribution in [0.15, 0.2) is 53.4 Å². The monoisotopic (exact) mass is 452 g/mol.